The zero-order valence-corrected chi connectivity index (χ0v) is 10.7. The molecule has 1 rings (SSSR count). The maximum absolute atomic E-state index is 11.1. The summed E-state index contributed by atoms with van der Waals surface area (Å²) >= 11 is 0. The first-order valence-electron chi connectivity index (χ1n) is 5.78. The highest BCUT2D eigenvalue weighted by atomic mass is 16.6. The highest BCUT2D eigenvalue weighted by Gasteiger charge is 2.28. The van der Waals surface area contributed by atoms with Crippen molar-refractivity contribution >= 4 is 17.3 Å². The average molecular weight is 268 g/mol. The van der Waals surface area contributed by atoms with Gasteiger partial charge < -0.3 is 15.1 Å². The number of carboxylic acids is 1. The van der Waals surface area contributed by atoms with E-state index in [1.54, 1.807) is 4.90 Å². The fraction of sp³-hybridized carbons (Fsp3) is 0.417. The molecule has 19 heavy (non-hydrogen) atoms. The molecular weight excluding hydrogens is 252 g/mol. The van der Waals surface area contributed by atoms with Crippen LogP contribution in [0.15, 0.2) is 18.2 Å². The zero-order chi connectivity index (χ0) is 14.6. The van der Waals surface area contributed by atoms with E-state index in [4.69, 9.17) is 10.2 Å². The van der Waals surface area contributed by atoms with Gasteiger partial charge in [0.15, 0.2) is 0 Å². The summed E-state index contributed by atoms with van der Waals surface area (Å²) in [4.78, 5) is 23.1. The largest absolute Gasteiger partial charge is 0.477 e. The molecule has 0 bridgehead atoms. The van der Waals surface area contributed by atoms with E-state index in [0.29, 0.717) is 0 Å². The summed E-state index contributed by atoms with van der Waals surface area (Å²) in [6, 6.07) is 4.04. The van der Waals surface area contributed by atoms with Crippen LogP contribution in [0.4, 0.5) is 11.4 Å². The molecule has 0 fully saturated rings. The van der Waals surface area contributed by atoms with Crippen LogP contribution < -0.4 is 4.90 Å². The molecule has 0 amide bonds. The lowest BCUT2D eigenvalue weighted by atomic mass is 10.1. The molecule has 0 saturated carbocycles. The lowest BCUT2D eigenvalue weighted by Crippen LogP contribution is -2.34. The quantitative estimate of drug-likeness (QED) is 0.598. The van der Waals surface area contributed by atoms with Crippen molar-refractivity contribution in [3.8, 4) is 0 Å². The summed E-state index contributed by atoms with van der Waals surface area (Å²) in [5.41, 5.74) is -0.600. The summed E-state index contributed by atoms with van der Waals surface area (Å²) in [5, 5.41) is 29.2. The van der Waals surface area contributed by atoms with Gasteiger partial charge in [-0.2, -0.15) is 0 Å². The maximum atomic E-state index is 11.1. The predicted octanol–water partition coefficient (Wildman–Crippen LogP) is 1.50. The summed E-state index contributed by atoms with van der Waals surface area (Å²) < 4.78 is 0. The van der Waals surface area contributed by atoms with Gasteiger partial charge in [0.05, 0.1) is 11.5 Å². The van der Waals surface area contributed by atoms with E-state index >= 15 is 0 Å². The van der Waals surface area contributed by atoms with Gasteiger partial charge in [-0.1, -0.05) is 6.07 Å². The number of para-hydroxylation sites is 1. The third-order valence-corrected chi connectivity index (χ3v) is 2.70. The van der Waals surface area contributed by atoms with Crippen LogP contribution in [0.25, 0.3) is 0 Å². The van der Waals surface area contributed by atoms with Gasteiger partial charge in [-0.05, 0) is 26.0 Å². The number of carboxylic acid groups (broad SMARTS) is 1. The van der Waals surface area contributed by atoms with E-state index in [1.165, 1.54) is 18.2 Å². The van der Waals surface area contributed by atoms with E-state index < -0.39 is 16.6 Å². The van der Waals surface area contributed by atoms with Gasteiger partial charge in [-0.25, -0.2) is 4.79 Å². The molecule has 0 heterocycles. The van der Waals surface area contributed by atoms with Gasteiger partial charge in [0.25, 0.3) is 0 Å². The summed E-state index contributed by atoms with van der Waals surface area (Å²) in [7, 11) is 0. The van der Waals surface area contributed by atoms with E-state index in [9.17, 15) is 14.9 Å². The Kier molecular flexibility index (Phi) is 4.82. The molecule has 0 aromatic heterocycles. The van der Waals surface area contributed by atoms with Crippen LogP contribution in [-0.2, 0) is 0 Å². The molecule has 104 valence electrons. The first-order valence-corrected chi connectivity index (χ1v) is 5.78. The second-order valence-electron chi connectivity index (χ2n) is 4.25. The number of nitro groups is 1. The van der Waals surface area contributed by atoms with Gasteiger partial charge in [0.1, 0.15) is 11.3 Å². The van der Waals surface area contributed by atoms with Crippen LogP contribution in [0.2, 0.25) is 0 Å². The third-order valence-electron chi connectivity index (χ3n) is 2.70. The number of rotatable bonds is 6. The Labute approximate surface area is 110 Å². The second-order valence-corrected chi connectivity index (χ2v) is 4.25. The number of carbonyl (C=O) groups is 1. The molecule has 1 aromatic carbocycles. The number of aromatic carboxylic acids is 1. The minimum Gasteiger partial charge on any atom is -0.477 e. The fourth-order valence-electron chi connectivity index (χ4n) is 1.89. The van der Waals surface area contributed by atoms with Gasteiger partial charge >= 0.3 is 11.7 Å². The third kappa shape index (κ3) is 3.19. The van der Waals surface area contributed by atoms with E-state index in [-0.39, 0.29) is 30.4 Å². The Morgan fingerprint density at radius 1 is 1.47 bits per heavy atom. The van der Waals surface area contributed by atoms with Crippen molar-refractivity contribution in [2.45, 2.75) is 19.9 Å². The normalized spacial score (nSPS) is 10.5. The van der Waals surface area contributed by atoms with Crippen molar-refractivity contribution in [1.29, 1.82) is 0 Å². The number of aliphatic hydroxyl groups excluding tert-OH is 1. The van der Waals surface area contributed by atoms with Crippen molar-refractivity contribution in [1.82, 2.24) is 0 Å². The van der Waals surface area contributed by atoms with Gasteiger partial charge in [0, 0.05) is 12.6 Å². The molecule has 7 nitrogen and oxygen atoms in total. The fourth-order valence-corrected chi connectivity index (χ4v) is 1.89. The maximum Gasteiger partial charge on any atom is 0.342 e. The van der Waals surface area contributed by atoms with Crippen LogP contribution in [0, 0.1) is 10.1 Å². The van der Waals surface area contributed by atoms with Crippen molar-refractivity contribution in [2.75, 3.05) is 18.1 Å². The molecule has 2 N–H and O–H groups in total. The Hall–Kier alpha value is -2.15. The molecule has 0 spiro atoms. The first-order chi connectivity index (χ1) is 8.90. The highest BCUT2D eigenvalue weighted by Crippen LogP contribution is 2.32. The van der Waals surface area contributed by atoms with E-state index in [2.05, 4.69) is 0 Å². The number of aliphatic hydroxyl groups is 1. The minimum absolute atomic E-state index is 0.102. The molecule has 0 aliphatic heterocycles. The Morgan fingerprint density at radius 3 is 2.53 bits per heavy atom. The second kappa shape index (κ2) is 6.14. The molecule has 7 heteroatoms. The molecule has 0 saturated heterocycles. The Bertz CT molecular complexity index is 487. The zero-order valence-electron chi connectivity index (χ0n) is 10.7. The van der Waals surface area contributed by atoms with Crippen molar-refractivity contribution < 1.29 is 19.9 Å². The molecule has 1 aromatic rings. The number of benzene rings is 1. The standard InChI is InChI=1S/C12H16N2O5/c1-8(2)13(6-7-15)10-5-3-4-9(12(16)17)11(10)14(18)19/h3-5,8,15H,6-7H2,1-2H3,(H,16,17). The molecular formula is C12H16N2O5. The summed E-state index contributed by atoms with van der Waals surface area (Å²) in [5.74, 6) is -1.35. The van der Waals surface area contributed by atoms with Crippen molar-refractivity contribution in [3.05, 3.63) is 33.9 Å². The average Bonchev–Trinajstić information content (AvgIpc) is 2.34. The van der Waals surface area contributed by atoms with E-state index in [1.807, 2.05) is 13.8 Å². The van der Waals surface area contributed by atoms with Crippen molar-refractivity contribution in [2.24, 2.45) is 0 Å². The smallest absolute Gasteiger partial charge is 0.342 e. The van der Waals surface area contributed by atoms with Gasteiger partial charge in [-0.15, -0.1) is 0 Å². The summed E-state index contributed by atoms with van der Waals surface area (Å²) in [6.07, 6.45) is 0. The highest BCUT2D eigenvalue weighted by molar-refractivity contribution is 5.95. The Morgan fingerprint density at radius 2 is 2.11 bits per heavy atom. The molecule has 0 unspecified atom stereocenters. The van der Waals surface area contributed by atoms with Crippen LogP contribution in [0.1, 0.15) is 24.2 Å². The molecule has 0 radical (unpaired) electrons. The molecule has 0 atom stereocenters. The lowest BCUT2D eigenvalue weighted by molar-refractivity contribution is -0.384. The monoisotopic (exact) mass is 268 g/mol. The first kappa shape index (κ1) is 14.9. The molecule has 0 aliphatic carbocycles. The van der Waals surface area contributed by atoms with Crippen LogP contribution in [0.5, 0.6) is 0 Å². The Balaban J connectivity index is 3.44. The van der Waals surface area contributed by atoms with Crippen LogP contribution >= 0.6 is 0 Å². The van der Waals surface area contributed by atoms with Crippen LogP contribution in [0.3, 0.4) is 0 Å². The van der Waals surface area contributed by atoms with Gasteiger partial charge in [-0.3, -0.25) is 10.1 Å². The summed E-state index contributed by atoms with van der Waals surface area (Å²) in [6.45, 7) is 3.65. The number of hydrogen-bond donors (Lipinski definition) is 2. The number of hydrogen-bond acceptors (Lipinski definition) is 5. The SMILES string of the molecule is CC(C)N(CCO)c1cccc(C(=O)O)c1[N+](=O)[O-]. The predicted molar refractivity (Wildman–Crippen MR) is 69.6 cm³/mol. The van der Waals surface area contributed by atoms with Crippen LogP contribution in [-0.4, -0.2) is 40.3 Å². The number of anilines is 1. The molecule has 0 aliphatic rings. The lowest BCUT2D eigenvalue weighted by Gasteiger charge is -2.28. The van der Waals surface area contributed by atoms with E-state index in [0.717, 1.165) is 0 Å². The van der Waals surface area contributed by atoms with Crippen molar-refractivity contribution in [3.63, 3.8) is 0 Å². The van der Waals surface area contributed by atoms with Gasteiger partial charge in [0.2, 0.25) is 0 Å². The number of nitrogens with zero attached hydrogens (tertiary/aromatic N) is 2. The minimum atomic E-state index is -1.35. The topological polar surface area (TPSA) is 104 Å². The number of nitro benzene ring substituents is 1.